The van der Waals surface area contributed by atoms with Gasteiger partial charge in [0, 0.05) is 18.5 Å². The summed E-state index contributed by atoms with van der Waals surface area (Å²) in [6, 6.07) is 0. The molecular formula is C13H23N5O. The molecule has 0 amide bonds. The first-order valence-corrected chi connectivity index (χ1v) is 6.60. The molecule has 1 heterocycles. The smallest absolute Gasteiger partial charge is 0.148 e. The van der Waals surface area contributed by atoms with E-state index in [9.17, 15) is 5.11 Å². The van der Waals surface area contributed by atoms with Crippen molar-refractivity contribution in [3.8, 4) is 0 Å². The highest BCUT2D eigenvalue weighted by Crippen LogP contribution is 2.40. The Bertz CT molecular complexity index is 470. The number of nitrogens with zero attached hydrogens (tertiary/aromatic N) is 3. The van der Waals surface area contributed by atoms with Gasteiger partial charge >= 0.3 is 0 Å². The van der Waals surface area contributed by atoms with E-state index in [0.29, 0.717) is 11.7 Å². The number of aliphatic hydroxyl groups is 1. The van der Waals surface area contributed by atoms with Crippen molar-refractivity contribution in [3.05, 3.63) is 11.4 Å². The minimum atomic E-state index is -0.383. The summed E-state index contributed by atoms with van der Waals surface area (Å²) in [5.74, 6) is 8.32. The van der Waals surface area contributed by atoms with Gasteiger partial charge < -0.3 is 15.4 Å². The summed E-state index contributed by atoms with van der Waals surface area (Å²) in [5.41, 5.74) is 3.16. The number of aliphatic hydroxyl groups excluding tert-OH is 1. The molecule has 0 aliphatic heterocycles. The monoisotopic (exact) mass is 265 g/mol. The first-order chi connectivity index (χ1) is 8.90. The SMILES string of the molecule is Cc1c(NN)nc(C2CC2)nc1N(C)C(C)(C)CO. The molecule has 106 valence electrons. The molecule has 1 aliphatic carbocycles. The number of nitrogens with one attached hydrogen (secondary N) is 1. The van der Waals surface area contributed by atoms with Crippen molar-refractivity contribution in [1.82, 2.24) is 9.97 Å². The van der Waals surface area contributed by atoms with E-state index in [1.807, 2.05) is 32.7 Å². The van der Waals surface area contributed by atoms with Gasteiger partial charge in [0.15, 0.2) is 0 Å². The molecule has 0 aromatic carbocycles. The molecule has 4 N–H and O–H groups in total. The van der Waals surface area contributed by atoms with Gasteiger partial charge in [-0.15, -0.1) is 0 Å². The van der Waals surface area contributed by atoms with Crippen LogP contribution in [0.25, 0.3) is 0 Å². The number of rotatable bonds is 5. The average molecular weight is 265 g/mol. The van der Waals surface area contributed by atoms with Gasteiger partial charge in [0.1, 0.15) is 17.5 Å². The molecule has 0 unspecified atom stereocenters. The van der Waals surface area contributed by atoms with Crippen molar-refractivity contribution in [2.45, 2.75) is 45.1 Å². The summed E-state index contributed by atoms with van der Waals surface area (Å²) >= 11 is 0. The van der Waals surface area contributed by atoms with Crippen molar-refractivity contribution in [3.63, 3.8) is 0 Å². The lowest BCUT2D eigenvalue weighted by Gasteiger charge is -2.36. The third-order valence-corrected chi connectivity index (χ3v) is 3.83. The predicted octanol–water partition coefficient (Wildman–Crippen LogP) is 1.16. The van der Waals surface area contributed by atoms with Gasteiger partial charge in [-0.1, -0.05) is 0 Å². The summed E-state index contributed by atoms with van der Waals surface area (Å²) in [4.78, 5) is 11.1. The number of hydrogen-bond donors (Lipinski definition) is 3. The zero-order chi connectivity index (χ0) is 14.2. The maximum atomic E-state index is 9.51. The van der Waals surface area contributed by atoms with E-state index >= 15 is 0 Å². The molecule has 0 atom stereocenters. The molecule has 1 aromatic heterocycles. The van der Waals surface area contributed by atoms with E-state index in [4.69, 9.17) is 5.84 Å². The van der Waals surface area contributed by atoms with Gasteiger partial charge in [-0.05, 0) is 33.6 Å². The molecular weight excluding hydrogens is 242 g/mol. The summed E-state index contributed by atoms with van der Waals surface area (Å²) in [7, 11) is 1.93. The predicted molar refractivity (Wildman–Crippen MR) is 76.1 cm³/mol. The molecule has 0 radical (unpaired) electrons. The highest BCUT2D eigenvalue weighted by molar-refractivity contribution is 5.59. The van der Waals surface area contributed by atoms with E-state index in [1.165, 1.54) is 0 Å². The largest absolute Gasteiger partial charge is 0.394 e. The third-order valence-electron chi connectivity index (χ3n) is 3.83. The maximum Gasteiger partial charge on any atom is 0.148 e. The molecule has 1 aliphatic rings. The van der Waals surface area contributed by atoms with E-state index in [0.717, 1.165) is 30.0 Å². The van der Waals surface area contributed by atoms with Crippen molar-refractivity contribution in [2.75, 3.05) is 24.0 Å². The second-order valence-corrected chi connectivity index (χ2v) is 5.83. The average Bonchev–Trinajstić information content (AvgIpc) is 3.22. The Balaban J connectivity index is 2.45. The fourth-order valence-corrected chi connectivity index (χ4v) is 1.91. The van der Waals surface area contributed by atoms with Gasteiger partial charge in [0.05, 0.1) is 12.1 Å². The normalized spacial score (nSPS) is 15.5. The van der Waals surface area contributed by atoms with Crippen LogP contribution in [0.5, 0.6) is 0 Å². The zero-order valence-corrected chi connectivity index (χ0v) is 12.1. The Morgan fingerprint density at radius 1 is 1.42 bits per heavy atom. The first-order valence-electron chi connectivity index (χ1n) is 6.60. The molecule has 6 nitrogen and oxygen atoms in total. The van der Waals surface area contributed by atoms with Gasteiger partial charge in [0.2, 0.25) is 0 Å². The van der Waals surface area contributed by atoms with E-state index < -0.39 is 0 Å². The minimum Gasteiger partial charge on any atom is -0.394 e. The third kappa shape index (κ3) is 2.64. The van der Waals surface area contributed by atoms with Crippen LogP contribution >= 0.6 is 0 Å². The van der Waals surface area contributed by atoms with Crippen LogP contribution in [0.3, 0.4) is 0 Å². The van der Waals surface area contributed by atoms with Crippen LogP contribution in [0.1, 0.15) is 44.0 Å². The summed E-state index contributed by atoms with van der Waals surface area (Å²) < 4.78 is 0. The van der Waals surface area contributed by atoms with Crippen LogP contribution in [0.2, 0.25) is 0 Å². The number of hydrogen-bond acceptors (Lipinski definition) is 6. The first kappa shape index (κ1) is 14.0. The van der Waals surface area contributed by atoms with Crippen LogP contribution in [0.15, 0.2) is 0 Å². The highest BCUT2D eigenvalue weighted by Gasteiger charge is 2.31. The van der Waals surface area contributed by atoms with Gasteiger partial charge in [-0.25, -0.2) is 15.8 Å². The number of anilines is 2. The summed E-state index contributed by atoms with van der Waals surface area (Å²) in [5, 5.41) is 9.51. The van der Waals surface area contributed by atoms with Crippen molar-refractivity contribution >= 4 is 11.6 Å². The lowest BCUT2D eigenvalue weighted by atomic mass is 10.0. The molecule has 1 saturated carbocycles. The lowest BCUT2D eigenvalue weighted by Crippen LogP contribution is -2.45. The van der Waals surface area contributed by atoms with Crippen LogP contribution in [-0.4, -0.2) is 34.3 Å². The second-order valence-electron chi connectivity index (χ2n) is 5.83. The molecule has 0 spiro atoms. The molecule has 2 rings (SSSR count). The van der Waals surface area contributed by atoms with Crippen LogP contribution in [-0.2, 0) is 0 Å². The number of nitrogens with two attached hydrogens (primary N) is 1. The summed E-state index contributed by atoms with van der Waals surface area (Å²) in [6.45, 7) is 5.93. The Hall–Kier alpha value is -1.40. The van der Waals surface area contributed by atoms with Gasteiger partial charge in [-0.2, -0.15) is 0 Å². The van der Waals surface area contributed by atoms with E-state index in [2.05, 4.69) is 15.4 Å². The Morgan fingerprint density at radius 2 is 2.05 bits per heavy atom. The zero-order valence-electron chi connectivity index (χ0n) is 12.1. The number of nitrogen functional groups attached to an aromatic ring is 1. The van der Waals surface area contributed by atoms with E-state index in [1.54, 1.807) is 0 Å². The number of likely N-dealkylation sites (N-methyl/N-ethyl adjacent to an activating group) is 1. The Labute approximate surface area is 114 Å². The lowest BCUT2D eigenvalue weighted by molar-refractivity contribution is 0.215. The fourth-order valence-electron chi connectivity index (χ4n) is 1.91. The Morgan fingerprint density at radius 3 is 2.53 bits per heavy atom. The fraction of sp³-hybridized carbons (Fsp3) is 0.692. The molecule has 0 saturated heterocycles. The molecule has 19 heavy (non-hydrogen) atoms. The minimum absolute atomic E-state index is 0.0527. The number of hydrazine groups is 1. The molecule has 1 aromatic rings. The van der Waals surface area contributed by atoms with Crippen molar-refractivity contribution < 1.29 is 5.11 Å². The van der Waals surface area contributed by atoms with Crippen LogP contribution < -0.4 is 16.2 Å². The molecule has 6 heteroatoms. The quantitative estimate of drug-likeness (QED) is 0.547. The Kier molecular flexibility index (Phi) is 3.64. The topological polar surface area (TPSA) is 87.3 Å². The highest BCUT2D eigenvalue weighted by atomic mass is 16.3. The number of aromatic nitrogens is 2. The molecule has 1 fully saturated rings. The maximum absolute atomic E-state index is 9.51. The van der Waals surface area contributed by atoms with Gasteiger partial charge in [-0.3, -0.25) is 0 Å². The standard InChI is InChI=1S/C13H23N5O/c1-8-10(17-14)15-11(9-5-6-9)16-12(8)18(4)13(2,3)7-19/h9,19H,5-7,14H2,1-4H3,(H,15,16,17). The second kappa shape index (κ2) is 4.94. The van der Waals surface area contributed by atoms with Crippen LogP contribution in [0, 0.1) is 6.92 Å². The van der Waals surface area contributed by atoms with Gasteiger partial charge in [0.25, 0.3) is 0 Å². The van der Waals surface area contributed by atoms with Crippen molar-refractivity contribution in [1.29, 1.82) is 0 Å². The van der Waals surface area contributed by atoms with Crippen molar-refractivity contribution in [2.24, 2.45) is 5.84 Å². The van der Waals surface area contributed by atoms with Crippen LogP contribution in [0.4, 0.5) is 11.6 Å². The van der Waals surface area contributed by atoms with E-state index in [-0.39, 0.29) is 12.1 Å². The summed E-state index contributed by atoms with van der Waals surface area (Å²) in [6.07, 6.45) is 2.28. The molecule has 0 bridgehead atoms.